The smallest absolute Gasteiger partial charge is 0.273 e. The van der Waals surface area contributed by atoms with Gasteiger partial charge in [-0.25, -0.2) is 8.78 Å². The number of rotatable bonds is 6. The van der Waals surface area contributed by atoms with Crippen molar-refractivity contribution in [3.05, 3.63) is 63.1 Å². The Balaban J connectivity index is 1.28. The van der Waals surface area contributed by atoms with Crippen molar-refractivity contribution in [3.8, 4) is 5.75 Å². The van der Waals surface area contributed by atoms with E-state index in [1.807, 2.05) is 0 Å². The van der Waals surface area contributed by atoms with Gasteiger partial charge in [0.05, 0.1) is 25.3 Å². The number of methoxy groups -OCH3 is 1. The fourth-order valence-electron chi connectivity index (χ4n) is 5.64. The van der Waals surface area contributed by atoms with E-state index < -0.39 is 40.6 Å². The summed E-state index contributed by atoms with van der Waals surface area (Å²) in [6, 6.07) is 3.20. The van der Waals surface area contributed by atoms with Gasteiger partial charge in [0.2, 0.25) is 5.43 Å². The van der Waals surface area contributed by atoms with Gasteiger partial charge in [-0.1, -0.05) is 6.07 Å². The van der Waals surface area contributed by atoms with E-state index in [1.165, 1.54) is 30.4 Å². The maximum Gasteiger partial charge on any atom is 0.273 e. The lowest BCUT2D eigenvalue weighted by atomic mass is 10.0. The number of ether oxygens (including phenoxy) is 2. The molecule has 6 rings (SSSR count). The molecule has 2 aromatic rings. The van der Waals surface area contributed by atoms with Gasteiger partial charge in [0.15, 0.2) is 11.4 Å². The van der Waals surface area contributed by atoms with E-state index in [4.69, 9.17) is 9.47 Å². The highest BCUT2D eigenvalue weighted by atomic mass is 19.1. The van der Waals surface area contributed by atoms with Crippen LogP contribution >= 0.6 is 0 Å². The lowest BCUT2D eigenvalue weighted by Crippen LogP contribution is -2.49. The quantitative estimate of drug-likeness (QED) is 0.655. The number of nitrogens with zero attached hydrogens (tertiary/aromatic N) is 1. The summed E-state index contributed by atoms with van der Waals surface area (Å²) in [4.78, 5) is 39.1. The minimum Gasteiger partial charge on any atom is -0.491 e. The largest absolute Gasteiger partial charge is 0.491 e. The van der Waals surface area contributed by atoms with Crippen molar-refractivity contribution in [2.75, 3.05) is 7.11 Å². The zero-order chi connectivity index (χ0) is 24.5. The molecule has 4 aliphatic rings. The van der Waals surface area contributed by atoms with Gasteiger partial charge in [0.1, 0.15) is 23.4 Å². The highest BCUT2D eigenvalue weighted by Crippen LogP contribution is 2.52. The van der Waals surface area contributed by atoms with Crippen LogP contribution in [0, 0.1) is 23.5 Å². The molecule has 1 aromatic heterocycles. The van der Waals surface area contributed by atoms with Gasteiger partial charge in [-0.05, 0) is 50.0 Å². The summed E-state index contributed by atoms with van der Waals surface area (Å²) in [5.74, 6) is -1.51. The van der Waals surface area contributed by atoms with Crippen LogP contribution in [0.4, 0.5) is 8.78 Å². The van der Waals surface area contributed by atoms with Crippen LogP contribution < -0.4 is 20.8 Å². The fraction of sp³-hybridized carbons (Fsp3) is 0.480. The monoisotopic (exact) mass is 485 g/mol. The van der Waals surface area contributed by atoms with Gasteiger partial charge in [-0.15, -0.1) is 0 Å². The number of fused-ring (bicyclic) bond motifs is 2. The van der Waals surface area contributed by atoms with Crippen molar-refractivity contribution in [1.82, 2.24) is 15.2 Å². The third kappa shape index (κ3) is 3.80. The van der Waals surface area contributed by atoms with Crippen molar-refractivity contribution in [2.24, 2.45) is 11.8 Å². The van der Waals surface area contributed by atoms with Crippen LogP contribution in [-0.4, -0.2) is 35.8 Å². The number of hydrogen-bond acceptors (Lipinski definition) is 5. The Labute approximate surface area is 199 Å². The van der Waals surface area contributed by atoms with Crippen molar-refractivity contribution >= 4 is 11.8 Å². The maximum absolute atomic E-state index is 14.4. The van der Waals surface area contributed by atoms with Gasteiger partial charge in [0, 0.05) is 17.8 Å². The number of carbonyl (C=O) groups is 2. The molecule has 0 radical (unpaired) electrons. The third-order valence-electron chi connectivity index (χ3n) is 7.66. The average molecular weight is 485 g/mol. The first kappa shape index (κ1) is 22.2. The molecule has 184 valence electrons. The molecular formula is C25H25F2N3O5. The van der Waals surface area contributed by atoms with Crippen LogP contribution in [0.3, 0.4) is 0 Å². The first-order chi connectivity index (χ1) is 16.8. The Morgan fingerprint density at radius 1 is 1.17 bits per heavy atom. The van der Waals surface area contributed by atoms with E-state index in [1.54, 1.807) is 0 Å². The Morgan fingerprint density at radius 3 is 2.57 bits per heavy atom. The average Bonchev–Trinajstić information content (AvgIpc) is 3.71. The van der Waals surface area contributed by atoms with Crippen LogP contribution in [0.2, 0.25) is 0 Å². The van der Waals surface area contributed by atoms with Crippen molar-refractivity contribution < 1.29 is 27.8 Å². The molecule has 2 amide bonds. The second-order valence-corrected chi connectivity index (χ2v) is 10.0. The highest BCUT2D eigenvalue weighted by Gasteiger charge is 2.49. The lowest BCUT2D eigenvalue weighted by molar-refractivity contribution is -0.0408. The maximum atomic E-state index is 14.4. The summed E-state index contributed by atoms with van der Waals surface area (Å²) in [6.45, 7) is 0.210. The Bertz CT molecular complexity index is 1290. The first-order valence-corrected chi connectivity index (χ1v) is 11.8. The van der Waals surface area contributed by atoms with Crippen molar-refractivity contribution in [3.63, 3.8) is 0 Å². The second-order valence-electron chi connectivity index (χ2n) is 10.0. The van der Waals surface area contributed by atoms with Crippen LogP contribution in [0.25, 0.3) is 0 Å². The molecule has 2 N–H and O–H groups in total. The molecule has 2 heterocycles. The molecule has 2 unspecified atom stereocenters. The van der Waals surface area contributed by atoms with E-state index in [9.17, 15) is 23.2 Å². The predicted octanol–water partition coefficient (Wildman–Crippen LogP) is 2.44. The number of nitrogens with one attached hydrogen (secondary N) is 2. The van der Waals surface area contributed by atoms with Gasteiger partial charge >= 0.3 is 0 Å². The summed E-state index contributed by atoms with van der Waals surface area (Å²) in [5, 5.41) is 5.53. The Hall–Kier alpha value is -3.27. The molecule has 8 nitrogen and oxygen atoms in total. The summed E-state index contributed by atoms with van der Waals surface area (Å²) in [7, 11) is 1.26. The number of carbonyl (C=O) groups excluding carboxylic acids is 2. The van der Waals surface area contributed by atoms with Crippen LogP contribution in [0.5, 0.6) is 5.75 Å². The van der Waals surface area contributed by atoms with Gasteiger partial charge in [-0.3, -0.25) is 14.4 Å². The minimum atomic E-state index is -1.01. The lowest BCUT2D eigenvalue weighted by Gasteiger charge is -2.31. The Kier molecular flexibility index (Phi) is 5.00. The van der Waals surface area contributed by atoms with Crippen LogP contribution in [0.1, 0.15) is 58.5 Å². The molecule has 4 atom stereocenters. The molecule has 3 aliphatic carbocycles. The number of halogens is 2. The molecular weight excluding hydrogens is 460 g/mol. The molecule has 0 bridgehead atoms. The Morgan fingerprint density at radius 2 is 1.91 bits per heavy atom. The molecule has 35 heavy (non-hydrogen) atoms. The van der Waals surface area contributed by atoms with Gasteiger partial charge in [0.25, 0.3) is 11.8 Å². The minimum absolute atomic E-state index is 0.0221. The van der Waals surface area contributed by atoms with Gasteiger partial charge < -0.3 is 24.7 Å². The molecule has 3 fully saturated rings. The summed E-state index contributed by atoms with van der Waals surface area (Å²) in [6.07, 6.45) is 4.92. The number of pyridine rings is 1. The number of amides is 2. The molecule has 0 spiro atoms. The standard InChI is InChI=1S/C25H25F2N3O5/c1-34-22-20-24(33)28-19(35-15-7-12-6-13(12)8-15)11-30(20)10-16(21(22)31)23(32)29-25(4-5-25)17-3-2-14(26)9-18(17)27/h2-3,9-10,12-13,15,19H,4-8,11H2,1H3,(H,28,33)(H,29,32)/t12-,13?,15+,19?/m1/s1. The summed E-state index contributed by atoms with van der Waals surface area (Å²) < 4.78 is 40.6. The molecule has 0 saturated heterocycles. The number of hydrogen-bond donors (Lipinski definition) is 2. The van der Waals surface area contributed by atoms with Gasteiger partial charge in [-0.2, -0.15) is 0 Å². The number of aromatic nitrogens is 1. The molecule has 3 saturated carbocycles. The zero-order valence-electron chi connectivity index (χ0n) is 19.1. The van der Waals surface area contributed by atoms with Crippen molar-refractivity contribution in [1.29, 1.82) is 0 Å². The molecule has 10 heteroatoms. The first-order valence-electron chi connectivity index (χ1n) is 11.8. The van der Waals surface area contributed by atoms with E-state index in [2.05, 4.69) is 10.6 Å². The summed E-state index contributed by atoms with van der Waals surface area (Å²) in [5.41, 5.74) is -1.79. The zero-order valence-corrected chi connectivity index (χ0v) is 19.1. The fourth-order valence-corrected chi connectivity index (χ4v) is 5.64. The topological polar surface area (TPSA) is 98.7 Å². The van der Waals surface area contributed by atoms with Crippen LogP contribution in [-0.2, 0) is 16.8 Å². The third-order valence-corrected chi connectivity index (χ3v) is 7.66. The van der Waals surface area contributed by atoms with Crippen molar-refractivity contribution in [2.45, 2.75) is 56.5 Å². The van der Waals surface area contributed by atoms with Crippen LogP contribution in [0.15, 0.2) is 29.2 Å². The molecule has 1 aromatic carbocycles. The summed E-state index contributed by atoms with van der Waals surface area (Å²) >= 11 is 0. The predicted molar refractivity (Wildman–Crippen MR) is 119 cm³/mol. The van der Waals surface area contributed by atoms with E-state index in [-0.39, 0.29) is 35.2 Å². The normalized spacial score (nSPS) is 27.5. The van der Waals surface area contributed by atoms with E-state index >= 15 is 0 Å². The number of benzene rings is 1. The van der Waals surface area contributed by atoms with E-state index in [0.717, 1.165) is 36.8 Å². The van der Waals surface area contributed by atoms with E-state index in [0.29, 0.717) is 12.8 Å². The SMILES string of the molecule is COc1c2n(cc(C(=O)NC3(c4ccc(F)cc4F)CC3)c1=O)CC(O[C@@H]1CC3C[C@@H]3C1)NC2=O. The molecule has 1 aliphatic heterocycles. The second kappa shape index (κ2) is 7.87. The highest BCUT2D eigenvalue weighted by molar-refractivity contribution is 5.99.